The van der Waals surface area contributed by atoms with Gasteiger partial charge in [-0.25, -0.2) is 4.98 Å². The number of benzene rings is 1. The van der Waals surface area contributed by atoms with Crippen molar-refractivity contribution in [3.8, 4) is 17.2 Å². The van der Waals surface area contributed by atoms with Crippen LogP contribution in [0.2, 0.25) is 0 Å². The van der Waals surface area contributed by atoms with Crippen LogP contribution in [0, 0.1) is 12.8 Å². The van der Waals surface area contributed by atoms with Crippen LogP contribution in [-0.4, -0.2) is 70.1 Å². The normalized spacial score (nSPS) is 26.5. The molecule has 0 saturated heterocycles. The number of hydrogen-bond acceptors (Lipinski definition) is 6. The number of allylic oxidation sites excluding steroid dienone is 3. The highest BCUT2D eigenvalue weighted by atomic mass is 16.7. The zero-order chi connectivity index (χ0) is 28.3. The van der Waals surface area contributed by atoms with Crippen LogP contribution >= 0.6 is 0 Å². The van der Waals surface area contributed by atoms with Crippen molar-refractivity contribution < 1.29 is 19.1 Å². The van der Waals surface area contributed by atoms with Gasteiger partial charge in [0.05, 0.1) is 17.6 Å². The Hall–Kier alpha value is -3.39. The summed E-state index contributed by atoms with van der Waals surface area (Å²) in [4.78, 5) is 35.4. The highest BCUT2D eigenvalue weighted by molar-refractivity contribution is 6.03. The number of Topliss-reactive ketones (excluding diaryl/α,β-unsaturated/α-hetero) is 1. The van der Waals surface area contributed by atoms with Crippen molar-refractivity contribution in [2.75, 3.05) is 27.2 Å². The third-order valence-corrected chi connectivity index (χ3v) is 9.46. The number of rotatable bonds is 5. The summed E-state index contributed by atoms with van der Waals surface area (Å²) >= 11 is 0. The van der Waals surface area contributed by atoms with Crippen molar-refractivity contribution in [2.45, 2.75) is 78.0 Å². The van der Waals surface area contributed by atoms with E-state index in [4.69, 9.17) is 9.47 Å². The zero-order valence-corrected chi connectivity index (χ0v) is 24.5. The summed E-state index contributed by atoms with van der Waals surface area (Å²) in [5.41, 5.74) is 6.01. The molecular weight excluding hydrogens is 504 g/mol. The van der Waals surface area contributed by atoms with Gasteiger partial charge in [-0.2, -0.15) is 0 Å². The SMILES string of the molecule is CC1=CC(C)=C(CN2CCc3c(c(C)c4c(c3-n3ccnc3)OC(C)(C3CCC(N(C)C)CC3)O4)C2=O)C(=O)C1. The molecule has 6 rings (SSSR count). The number of ether oxygens (including phenoxy) is 2. The van der Waals surface area contributed by atoms with E-state index in [1.54, 1.807) is 12.5 Å². The lowest BCUT2D eigenvalue weighted by Gasteiger charge is -2.39. The Labute approximate surface area is 236 Å². The smallest absolute Gasteiger partial charge is 0.254 e. The summed E-state index contributed by atoms with van der Waals surface area (Å²) in [6.07, 6.45) is 12.8. The van der Waals surface area contributed by atoms with Gasteiger partial charge in [-0.05, 0) is 78.1 Å². The molecule has 1 saturated carbocycles. The number of imidazole rings is 1. The number of carbonyl (C=O) groups excluding carboxylic acids is 2. The molecule has 0 N–H and O–H groups in total. The van der Waals surface area contributed by atoms with E-state index in [2.05, 4.69) is 37.0 Å². The predicted molar refractivity (Wildman–Crippen MR) is 153 cm³/mol. The molecule has 1 amide bonds. The number of fused-ring (bicyclic) bond motifs is 2. The van der Waals surface area contributed by atoms with E-state index in [-0.39, 0.29) is 17.6 Å². The molecule has 1 unspecified atom stereocenters. The maximum atomic E-state index is 14.1. The molecule has 4 aliphatic rings. The molecular formula is C32H40N4O4. The topological polar surface area (TPSA) is 76.9 Å². The van der Waals surface area contributed by atoms with Crippen molar-refractivity contribution in [3.63, 3.8) is 0 Å². The highest BCUT2D eigenvalue weighted by Gasteiger charge is 2.49. The van der Waals surface area contributed by atoms with Crippen LogP contribution in [-0.2, 0) is 11.2 Å². The van der Waals surface area contributed by atoms with Gasteiger partial charge in [0.25, 0.3) is 11.7 Å². The van der Waals surface area contributed by atoms with E-state index < -0.39 is 5.79 Å². The lowest BCUT2D eigenvalue weighted by molar-refractivity contribution is -0.123. The molecule has 1 fully saturated rings. The molecule has 8 heteroatoms. The minimum atomic E-state index is -0.799. The average Bonchev–Trinajstić information content (AvgIpc) is 3.56. The van der Waals surface area contributed by atoms with Crippen molar-refractivity contribution in [3.05, 3.63) is 58.2 Å². The van der Waals surface area contributed by atoms with Crippen LogP contribution in [0.3, 0.4) is 0 Å². The molecule has 2 aliphatic carbocycles. The monoisotopic (exact) mass is 544 g/mol. The van der Waals surface area contributed by atoms with E-state index in [1.807, 2.05) is 36.4 Å². The van der Waals surface area contributed by atoms with Gasteiger partial charge in [-0.15, -0.1) is 0 Å². The number of aromatic nitrogens is 2. The lowest BCUT2D eigenvalue weighted by Crippen LogP contribution is -2.46. The van der Waals surface area contributed by atoms with Gasteiger partial charge in [0.15, 0.2) is 17.3 Å². The fraction of sp³-hybridized carbons (Fsp3) is 0.531. The summed E-state index contributed by atoms with van der Waals surface area (Å²) in [5, 5.41) is 0. The molecule has 0 bridgehead atoms. The number of amides is 1. The molecule has 3 heterocycles. The first-order valence-electron chi connectivity index (χ1n) is 14.5. The van der Waals surface area contributed by atoms with E-state index in [1.165, 1.54) is 0 Å². The van der Waals surface area contributed by atoms with Crippen LogP contribution in [0.25, 0.3) is 5.69 Å². The Bertz CT molecular complexity index is 1430. The summed E-state index contributed by atoms with van der Waals surface area (Å²) < 4.78 is 15.5. The van der Waals surface area contributed by atoms with Crippen molar-refractivity contribution in [1.29, 1.82) is 0 Å². The Balaban J connectivity index is 1.37. The minimum absolute atomic E-state index is 0.0639. The number of nitrogens with zero attached hydrogens (tertiary/aromatic N) is 4. The van der Waals surface area contributed by atoms with E-state index in [9.17, 15) is 9.59 Å². The van der Waals surface area contributed by atoms with E-state index in [0.717, 1.165) is 59.2 Å². The van der Waals surface area contributed by atoms with Crippen LogP contribution in [0.1, 0.15) is 74.4 Å². The summed E-state index contributed by atoms with van der Waals surface area (Å²) in [6, 6.07) is 0.581. The molecule has 1 aromatic carbocycles. The Kier molecular flexibility index (Phi) is 6.64. The molecule has 212 valence electrons. The second-order valence-electron chi connectivity index (χ2n) is 12.4. The minimum Gasteiger partial charge on any atom is -0.448 e. The first-order chi connectivity index (χ1) is 19.1. The second kappa shape index (κ2) is 9.91. The Morgan fingerprint density at radius 1 is 1.07 bits per heavy atom. The molecule has 1 atom stereocenters. The first kappa shape index (κ1) is 26.8. The van der Waals surface area contributed by atoms with Gasteiger partial charge >= 0.3 is 0 Å². The first-order valence-corrected chi connectivity index (χ1v) is 14.5. The van der Waals surface area contributed by atoms with Gasteiger partial charge in [0.2, 0.25) is 0 Å². The molecule has 40 heavy (non-hydrogen) atoms. The highest BCUT2D eigenvalue weighted by Crippen LogP contribution is 2.53. The Morgan fingerprint density at radius 3 is 2.45 bits per heavy atom. The molecule has 8 nitrogen and oxygen atoms in total. The fourth-order valence-corrected chi connectivity index (χ4v) is 7.15. The lowest BCUT2D eigenvalue weighted by atomic mass is 9.81. The van der Waals surface area contributed by atoms with E-state index >= 15 is 0 Å². The summed E-state index contributed by atoms with van der Waals surface area (Å²) in [7, 11) is 4.30. The quantitative estimate of drug-likeness (QED) is 0.526. The van der Waals surface area contributed by atoms with Crippen molar-refractivity contribution >= 4 is 11.7 Å². The predicted octanol–water partition coefficient (Wildman–Crippen LogP) is 5.02. The third-order valence-electron chi connectivity index (χ3n) is 9.46. The van der Waals surface area contributed by atoms with Crippen molar-refractivity contribution in [1.82, 2.24) is 19.4 Å². The van der Waals surface area contributed by atoms with Gasteiger partial charge in [0.1, 0.15) is 0 Å². The second-order valence-corrected chi connectivity index (χ2v) is 12.4. The van der Waals surface area contributed by atoms with Crippen molar-refractivity contribution in [2.24, 2.45) is 5.92 Å². The molecule has 0 radical (unpaired) electrons. The van der Waals surface area contributed by atoms with E-state index in [0.29, 0.717) is 49.0 Å². The standard InChI is InChI=1S/C32H40N4O4/c1-19-15-20(2)25(26(37)16-19)17-35-13-11-24-27(31(35)38)21(3)29-30(28(24)36-14-12-33-18-36)40-32(4,39-29)22-7-9-23(10-8-22)34(5)6/h12,14-15,18,22-23H,7-11,13,16-17H2,1-6H3. The summed E-state index contributed by atoms with van der Waals surface area (Å²) in [5.74, 6) is 0.849. The fourth-order valence-electron chi connectivity index (χ4n) is 7.15. The molecule has 1 aromatic heterocycles. The van der Waals surface area contributed by atoms with Crippen LogP contribution in [0.15, 0.2) is 41.5 Å². The molecule has 2 aliphatic heterocycles. The molecule has 2 aromatic rings. The zero-order valence-electron chi connectivity index (χ0n) is 24.5. The maximum Gasteiger partial charge on any atom is 0.254 e. The number of carbonyl (C=O) groups is 2. The third kappa shape index (κ3) is 4.37. The van der Waals surface area contributed by atoms with Gasteiger partial charge in [-0.3, -0.25) is 9.59 Å². The van der Waals surface area contributed by atoms with Crippen LogP contribution in [0.4, 0.5) is 0 Å². The van der Waals surface area contributed by atoms with Crippen LogP contribution in [0.5, 0.6) is 11.5 Å². The van der Waals surface area contributed by atoms with Gasteiger partial charge < -0.3 is 23.8 Å². The summed E-state index contributed by atoms with van der Waals surface area (Å²) in [6.45, 7) is 8.82. The van der Waals surface area contributed by atoms with Gasteiger partial charge in [0, 0.05) is 61.9 Å². The maximum absolute atomic E-state index is 14.1. The number of ketones is 1. The average molecular weight is 545 g/mol. The Morgan fingerprint density at radius 2 is 1.80 bits per heavy atom. The number of hydrogen-bond donors (Lipinski definition) is 0. The van der Waals surface area contributed by atoms with Crippen LogP contribution < -0.4 is 9.47 Å². The largest absolute Gasteiger partial charge is 0.448 e. The van der Waals surface area contributed by atoms with Gasteiger partial charge in [-0.1, -0.05) is 11.6 Å². The molecule has 0 spiro atoms.